The van der Waals surface area contributed by atoms with Crippen molar-refractivity contribution in [2.24, 2.45) is 5.73 Å². The summed E-state index contributed by atoms with van der Waals surface area (Å²) in [5.41, 5.74) is 6.88. The molecule has 0 fully saturated rings. The molecule has 1 atom stereocenters. The number of carbonyl (C=O) groups is 1. The predicted molar refractivity (Wildman–Crippen MR) is 53.3 cm³/mol. The number of benzene rings is 1. The Hall–Kier alpha value is -1.79. The number of hydrogen-bond donors (Lipinski definition) is 1. The van der Waals surface area contributed by atoms with Gasteiger partial charge in [0.05, 0.1) is 7.11 Å². The van der Waals surface area contributed by atoms with E-state index in [1.807, 2.05) is 0 Å². The van der Waals surface area contributed by atoms with Gasteiger partial charge in [-0.25, -0.2) is 0 Å². The van der Waals surface area contributed by atoms with Gasteiger partial charge >= 0.3 is 5.97 Å². The lowest BCUT2D eigenvalue weighted by Crippen LogP contribution is -2.23. The number of rotatable bonds is 2. The summed E-state index contributed by atoms with van der Waals surface area (Å²) in [4.78, 5) is 11.2. The van der Waals surface area contributed by atoms with E-state index in [2.05, 4.69) is 10.7 Å². The van der Waals surface area contributed by atoms with Gasteiger partial charge in [0.1, 0.15) is 6.04 Å². The molecule has 0 radical (unpaired) electrons. The van der Waals surface area contributed by atoms with Crippen LogP contribution in [0.15, 0.2) is 24.3 Å². The molecule has 3 nitrogen and oxygen atoms in total. The lowest BCUT2D eigenvalue weighted by atomic mass is 10.0. The SMILES string of the molecule is C#Cc1ccccc1C(N)C(=O)OC. The Morgan fingerprint density at radius 3 is 2.79 bits per heavy atom. The third-order valence-electron chi connectivity index (χ3n) is 1.91. The van der Waals surface area contributed by atoms with Crippen LogP contribution in [0.25, 0.3) is 0 Å². The largest absolute Gasteiger partial charge is 0.468 e. The van der Waals surface area contributed by atoms with Crippen LogP contribution >= 0.6 is 0 Å². The van der Waals surface area contributed by atoms with Gasteiger partial charge < -0.3 is 10.5 Å². The van der Waals surface area contributed by atoms with Crippen molar-refractivity contribution in [1.82, 2.24) is 0 Å². The Kier molecular flexibility index (Phi) is 3.27. The monoisotopic (exact) mass is 189 g/mol. The second-order valence-corrected chi connectivity index (χ2v) is 2.73. The Balaban J connectivity index is 3.07. The van der Waals surface area contributed by atoms with Crippen LogP contribution in [-0.4, -0.2) is 13.1 Å². The molecule has 1 unspecified atom stereocenters. The molecular formula is C11H11NO2. The van der Waals surface area contributed by atoms with Gasteiger partial charge in [0.25, 0.3) is 0 Å². The van der Waals surface area contributed by atoms with Crippen LogP contribution < -0.4 is 5.73 Å². The summed E-state index contributed by atoms with van der Waals surface area (Å²) in [5, 5.41) is 0. The van der Waals surface area contributed by atoms with E-state index in [9.17, 15) is 4.79 Å². The highest BCUT2D eigenvalue weighted by molar-refractivity contribution is 5.78. The van der Waals surface area contributed by atoms with Gasteiger partial charge in [-0.1, -0.05) is 24.1 Å². The zero-order chi connectivity index (χ0) is 10.6. The van der Waals surface area contributed by atoms with Crippen LogP contribution in [0.2, 0.25) is 0 Å². The molecule has 3 heteroatoms. The Morgan fingerprint density at radius 2 is 2.21 bits per heavy atom. The molecule has 0 saturated heterocycles. The quantitative estimate of drug-likeness (QED) is 0.554. The van der Waals surface area contributed by atoms with E-state index in [4.69, 9.17) is 12.2 Å². The zero-order valence-corrected chi connectivity index (χ0v) is 7.86. The maximum atomic E-state index is 11.2. The van der Waals surface area contributed by atoms with E-state index in [0.717, 1.165) is 0 Å². The Bertz CT molecular complexity index is 379. The van der Waals surface area contributed by atoms with Gasteiger partial charge in [-0.05, 0) is 11.6 Å². The maximum absolute atomic E-state index is 11.2. The predicted octanol–water partition coefficient (Wildman–Crippen LogP) is 0.841. The topological polar surface area (TPSA) is 52.3 Å². The third-order valence-corrected chi connectivity index (χ3v) is 1.91. The fourth-order valence-corrected chi connectivity index (χ4v) is 1.15. The van der Waals surface area contributed by atoms with Gasteiger partial charge in [0, 0.05) is 5.56 Å². The number of methoxy groups -OCH3 is 1. The van der Waals surface area contributed by atoms with Crippen LogP contribution in [0.4, 0.5) is 0 Å². The van der Waals surface area contributed by atoms with Crippen LogP contribution in [0.1, 0.15) is 17.2 Å². The fourth-order valence-electron chi connectivity index (χ4n) is 1.15. The molecule has 14 heavy (non-hydrogen) atoms. The Labute approximate surface area is 82.9 Å². The first-order chi connectivity index (χ1) is 6.70. The highest BCUT2D eigenvalue weighted by atomic mass is 16.5. The molecule has 0 bridgehead atoms. The first-order valence-corrected chi connectivity index (χ1v) is 4.09. The number of nitrogens with two attached hydrogens (primary N) is 1. The number of ether oxygens (including phenoxy) is 1. The first-order valence-electron chi connectivity index (χ1n) is 4.09. The summed E-state index contributed by atoms with van der Waals surface area (Å²) in [6.07, 6.45) is 5.27. The number of terminal acetylenes is 1. The van der Waals surface area contributed by atoms with E-state index in [1.165, 1.54) is 7.11 Å². The number of hydrogen-bond acceptors (Lipinski definition) is 3. The van der Waals surface area contributed by atoms with Crippen LogP contribution in [0.5, 0.6) is 0 Å². The summed E-state index contributed by atoms with van der Waals surface area (Å²) >= 11 is 0. The summed E-state index contributed by atoms with van der Waals surface area (Å²) in [6, 6.07) is 6.21. The molecule has 2 N–H and O–H groups in total. The lowest BCUT2D eigenvalue weighted by Gasteiger charge is -2.10. The molecular weight excluding hydrogens is 178 g/mol. The molecule has 0 aliphatic heterocycles. The molecule has 1 rings (SSSR count). The summed E-state index contributed by atoms with van der Waals surface area (Å²) in [7, 11) is 1.29. The normalized spacial score (nSPS) is 11.5. The van der Waals surface area contributed by atoms with Crippen molar-refractivity contribution in [3.63, 3.8) is 0 Å². The molecule has 1 aromatic rings. The minimum Gasteiger partial charge on any atom is -0.468 e. The molecule has 0 aliphatic carbocycles. The van der Waals surface area contributed by atoms with Crippen molar-refractivity contribution >= 4 is 5.97 Å². The molecule has 0 saturated carbocycles. The van der Waals surface area contributed by atoms with E-state index in [-0.39, 0.29) is 0 Å². The molecule has 1 aromatic carbocycles. The molecule has 0 amide bonds. The molecule has 0 heterocycles. The minimum atomic E-state index is -0.813. The van der Waals surface area contributed by atoms with E-state index >= 15 is 0 Å². The minimum absolute atomic E-state index is 0.493. The smallest absolute Gasteiger partial charge is 0.327 e. The second-order valence-electron chi connectivity index (χ2n) is 2.73. The van der Waals surface area contributed by atoms with Crippen molar-refractivity contribution in [3.05, 3.63) is 35.4 Å². The molecule has 72 valence electrons. The third kappa shape index (κ3) is 1.93. The summed E-state index contributed by atoms with van der Waals surface area (Å²) < 4.78 is 4.53. The average Bonchev–Trinajstić information content (AvgIpc) is 2.26. The summed E-state index contributed by atoms with van der Waals surface area (Å²) in [5.74, 6) is 1.97. The standard InChI is InChI=1S/C11H11NO2/c1-3-8-6-4-5-7-9(8)10(12)11(13)14-2/h1,4-7,10H,12H2,2H3. The summed E-state index contributed by atoms with van der Waals surface area (Å²) in [6.45, 7) is 0. The van der Waals surface area contributed by atoms with Gasteiger partial charge in [-0.15, -0.1) is 6.42 Å². The molecule has 0 aliphatic rings. The van der Waals surface area contributed by atoms with E-state index in [1.54, 1.807) is 24.3 Å². The van der Waals surface area contributed by atoms with Crippen molar-refractivity contribution < 1.29 is 9.53 Å². The second kappa shape index (κ2) is 4.45. The Morgan fingerprint density at radius 1 is 1.57 bits per heavy atom. The number of esters is 1. The van der Waals surface area contributed by atoms with Crippen molar-refractivity contribution in [3.8, 4) is 12.3 Å². The molecule has 0 aromatic heterocycles. The lowest BCUT2D eigenvalue weighted by molar-refractivity contribution is -0.142. The van der Waals surface area contributed by atoms with Crippen molar-refractivity contribution in [2.45, 2.75) is 6.04 Å². The van der Waals surface area contributed by atoms with Crippen molar-refractivity contribution in [2.75, 3.05) is 7.11 Å². The van der Waals surface area contributed by atoms with Gasteiger partial charge in [-0.2, -0.15) is 0 Å². The number of carbonyl (C=O) groups excluding carboxylic acids is 1. The maximum Gasteiger partial charge on any atom is 0.327 e. The van der Waals surface area contributed by atoms with E-state index < -0.39 is 12.0 Å². The van der Waals surface area contributed by atoms with Crippen molar-refractivity contribution in [1.29, 1.82) is 0 Å². The van der Waals surface area contributed by atoms with Gasteiger partial charge in [0.15, 0.2) is 0 Å². The highest BCUT2D eigenvalue weighted by Crippen LogP contribution is 2.15. The van der Waals surface area contributed by atoms with Gasteiger partial charge in [0.2, 0.25) is 0 Å². The molecule has 0 spiro atoms. The zero-order valence-electron chi connectivity index (χ0n) is 7.86. The average molecular weight is 189 g/mol. The highest BCUT2D eigenvalue weighted by Gasteiger charge is 2.18. The van der Waals surface area contributed by atoms with Gasteiger partial charge in [-0.3, -0.25) is 4.79 Å². The van der Waals surface area contributed by atoms with Crippen LogP contribution in [-0.2, 0) is 9.53 Å². The van der Waals surface area contributed by atoms with Crippen LogP contribution in [0, 0.1) is 12.3 Å². The van der Waals surface area contributed by atoms with Crippen LogP contribution in [0.3, 0.4) is 0 Å². The first kappa shape index (κ1) is 10.3. The van der Waals surface area contributed by atoms with E-state index in [0.29, 0.717) is 11.1 Å². The fraction of sp³-hybridized carbons (Fsp3) is 0.182.